The van der Waals surface area contributed by atoms with Gasteiger partial charge in [0.25, 0.3) is 0 Å². The van der Waals surface area contributed by atoms with Crippen molar-refractivity contribution in [2.45, 2.75) is 0 Å². The Hall–Kier alpha value is -2.28. The lowest BCUT2D eigenvalue weighted by molar-refractivity contribution is 0.886. The van der Waals surface area contributed by atoms with E-state index in [0.29, 0.717) is 11.5 Å². The van der Waals surface area contributed by atoms with E-state index in [0.717, 1.165) is 5.69 Å². The van der Waals surface area contributed by atoms with Gasteiger partial charge in [0, 0.05) is 12.3 Å². The first-order valence-corrected chi connectivity index (χ1v) is 4.08. The fraction of sp³-hybridized carbons (Fsp3) is 0. The van der Waals surface area contributed by atoms with Crippen molar-refractivity contribution in [1.29, 1.82) is 0 Å². The molecule has 0 aliphatic carbocycles. The molecule has 2 aromatic rings. The van der Waals surface area contributed by atoms with Crippen LogP contribution in [-0.2, 0) is 0 Å². The molecule has 4 nitrogen and oxygen atoms in total. The molecule has 1 heterocycles. The van der Waals surface area contributed by atoms with Crippen molar-refractivity contribution in [2.24, 2.45) is 0 Å². The van der Waals surface area contributed by atoms with Crippen LogP contribution in [0.5, 0.6) is 0 Å². The van der Waals surface area contributed by atoms with Gasteiger partial charge in [-0.15, -0.1) is 0 Å². The molecule has 14 heavy (non-hydrogen) atoms. The number of aromatic nitrogens is 2. The molecule has 0 spiro atoms. The van der Waals surface area contributed by atoms with Crippen molar-refractivity contribution in [2.75, 3.05) is 5.73 Å². The predicted molar refractivity (Wildman–Crippen MR) is 54.2 cm³/mol. The van der Waals surface area contributed by atoms with Crippen LogP contribution in [0.3, 0.4) is 0 Å². The Labute approximate surface area is 81.4 Å². The number of hydrogen-bond donors (Lipinski definition) is 1. The summed E-state index contributed by atoms with van der Waals surface area (Å²) in [6.45, 7) is 6.81. The highest BCUT2D eigenvalue weighted by molar-refractivity contribution is 5.49. The van der Waals surface area contributed by atoms with Gasteiger partial charge in [0.15, 0.2) is 5.69 Å². The largest absolute Gasteiger partial charge is 0.382 e. The van der Waals surface area contributed by atoms with E-state index in [1.807, 2.05) is 12.1 Å². The third-order valence-corrected chi connectivity index (χ3v) is 1.85. The van der Waals surface area contributed by atoms with Gasteiger partial charge in [-0.2, -0.15) is 5.10 Å². The number of anilines is 1. The Morgan fingerprint density at radius 2 is 1.93 bits per heavy atom. The van der Waals surface area contributed by atoms with Crippen LogP contribution in [0.1, 0.15) is 0 Å². The molecule has 1 aromatic carbocycles. The van der Waals surface area contributed by atoms with Crippen LogP contribution < -0.4 is 5.73 Å². The zero-order chi connectivity index (χ0) is 9.97. The van der Waals surface area contributed by atoms with Crippen LogP contribution in [0.15, 0.2) is 36.5 Å². The summed E-state index contributed by atoms with van der Waals surface area (Å²) in [6.07, 6.45) is 1.78. The molecule has 0 saturated heterocycles. The Bertz CT molecular complexity index is 476. The van der Waals surface area contributed by atoms with Crippen molar-refractivity contribution in [3.8, 4) is 5.69 Å². The van der Waals surface area contributed by atoms with E-state index in [4.69, 9.17) is 12.3 Å². The molecule has 2 N–H and O–H groups in total. The third-order valence-electron chi connectivity index (χ3n) is 1.85. The standard InChI is InChI=1S/C10H8N4/c1-12-8-2-4-9(5-3-8)14-7-6-10(11)13-14/h2-7H,(H2,11,13). The van der Waals surface area contributed by atoms with E-state index in [1.165, 1.54) is 0 Å². The normalized spacial score (nSPS) is 9.64. The zero-order valence-corrected chi connectivity index (χ0v) is 7.38. The highest BCUT2D eigenvalue weighted by Gasteiger charge is 1.97. The molecule has 0 fully saturated rings. The number of nitrogens with two attached hydrogens (primary N) is 1. The molecule has 0 unspecified atom stereocenters. The smallest absolute Gasteiger partial charge is 0.187 e. The Morgan fingerprint density at radius 3 is 2.43 bits per heavy atom. The fourth-order valence-corrected chi connectivity index (χ4v) is 1.16. The molecule has 2 rings (SSSR count). The first kappa shape index (κ1) is 8.32. The second-order valence-electron chi connectivity index (χ2n) is 2.81. The summed E-state index contributed by atoms with van der Waals surface area (Å²) >= 11 is 0. The van der Waals surface area contributed by atoms with Crippen molar-refractivity contribution in [3.05, 3.63) is 47.9 Å². The molecule has 0 atom stereocenters. The molecule has 4 heteroatoms. The minimum absolute atomic E-state index is 0.485. The molecular weight excluding hydrogens is 176 g/mol. The summed E-state index contributed by atoms with van der Waals surface area (Å²) in [6, 6.07) is 8.89. The number of nitrogen functional groups attached to an aromatic ring is 1. The van der Waals surface area contributed by atoms with Crippen molar-refractivity contribution < 1.29 is 0 Å². The van der Waals surface area contributed by atoms with Gasteiger partial charge in [-0.25, -0.2) is 9.53 Å². The average molecular weight is 184 g/mol. The molecule has 0 aliphatic rings. The second kappa shape index (κ2) is 3.23. The van der Waals surface area contributed by atoms with Gasteiger partial charge in [-0.3, -0.25) is 0 Å². The van der Waals surface area contributed by atoms with Gasteiger partial charge >= 0.3 is 0 Å². The monoisotopic (exact) mass is 184 g/mol. The average Bonchev–Trinajstić information content (AvgIpc) is 2.65. The quantitative estimate of drug-likeness (QED) is 0.689. The Morgan fingerprint density at radius 1 is 1.21 bits per heavy atom. The molecule has 0 radical (unpaired) electrons. The van der Waals surface area contributed by atoms with Crippen LogP contribution in [0, 0.1) is 6.57 Å². The van der Waals surface area contributed by atoms with E-state index in [1.54, 1.807) is 29.1 Å². The Balaban J connectivity index is 2.39. The van der Waals surface area contributed by atoms with Gasteiger partial charge in [0.2, 0.25) is 0 Å². The van der Waals surface area contributed by atoms with Gasteiger partial charge in [-0.05, 0) is 12.1 Å². The molecular formula is C10H8N4. The summed E-state index contributed by atoms with van der Waals surface area (Å²) in [5.74, 6) is 0.485. The van der Waals surface area contributed by atoms with Crippen LogP contribution in [0.2, 0.25) is 0 Å². The molecule has 0 saturated carbocycles. The molecule has 68 valence electrons. The van der Waals surface area contributed by atoms with Gasteiger partial charge in [-0.1, -0.05) is 12.1 Å². The maximum absolute atomic E-state index is 6.81. The summed E-state index contributed by atoms with van der Waals surface area (Å²) < 4.78 is 1.67. The zero-order valence-electron chi connectivity index (χ0n) is 7.38. The summed E-state index contributed by atoms with van der Waals surface area (Å²) in [5.41, 5.74) is 7.01. The minimum Gasteiger partial charge on any atom is -0.382 e. The maximum Gasteiger partial charge on any atom is 0.187 e. The summed E-state index contributed by atoms with van der Waals surface area (Å²) in [7, 11) is 0. The van der Waals surface area contributed by atoms with E-state index in [2.05, 4.69) is 9.94 Å². The third kappa shape index (κ3) is 1.43. The fourth-order valence-electron chi connectivity index (χ4n) is 1.16. The molecule has 0 amide bonds. The lowest BCUT2D eigenvalue weighted by atomic mass is 10.3. The first-order chi connectivity index (χ1) is 6.79. The van der Waals surface area contributed by atoms with Crippen molar-refractivity contribution >= 4 is 11.5 Å². The first-order valence-electron chi connectivity index (χ1n) is 4.08. The van der Waals surface area contributed by atoms with E-state index >= 15 is 0 Å². The predicted octanol–water partition coefficient (Wildman–Crippen LogP) is 2.01. The molecule has 0 bridgehead atoms. The van der Waals surface area contributed by atoms with Crippen LogP contribution in [0.4, 0.5) is 11.5 Å². The van der Waals surface area contributed by atoms with Crippen LogP contribution >= 0.6 is 0 Å². The minimum atomic E-state index is 0.485. The highest BCUT2D eigenvalue weighted by atomic mass is 15.3. The molecule has 1 aromatic heterocycles. The highest BCUT2D eigenvalue weighted by Crippen LogP contribution is 2.15. The topological polar surface area (TPSA) is 48.2 Å². The SMILES string of the molecule is [C-]#[N+]c1ccc(-n2ccc(N)n2)cc1. The summed E-state index contributed by atoms with van der Waals surface area (Å²) in [4.78, 5) is 3.31. The van der Waals surface area contributed by atoms with Crippen LogP contribution in [0.25, 0.3) is 10.5 Å². The molecule has 0 aliphatic heterocycles. The van der Waals surface area contributed by atoms with E-state index in [-0.39, 0.29) is 0 Å². The maximum atomic E-state index is 6.81. The lowest BCUT2D eigenvalue weighted by Gasteiger charge is -1.99. The van der Waals surface area contributed by atoms with Crippen LogP contribution in [-0.4, -0.2) is 9.78 Å². The lowest BCUT2D eigenvalue weighted by Crippen LogP contribution is -1.95. The number of rotatable bonds is 1. The number of benzene rings is 1. The van der Waals surface area contributed by atoms with Gasteiger partial charge < -0.3 is 5.73 Å². The second-order valence-corrected chi connectivity index (χ2v) is 2.81. The van der Waals surface area contributed by atoms with Gasteiger partial charge in [0.05, 0.1) is 12.3 Å². The number of nitrogens with zero attached hydrogens (tertiary/aromatic N) is 3. The number of hydrogen-bond acceptors (Lipinski definition) is 2. The Kier molecular flexibility index (Phi) is 1.92. The summed E-state index contributed by atoms with van der Waals surface area (Å²) in [5, 5.41) is 4.05. The van der Waals surface area contributed by atoms with Crippen molar-refractivity contribution in [3.63, 3.8) is 0 Å². The van der Waals surface area contributed by atoms with E-state index in [9.17, 15) is 0 Å². The van der Waals surface area contributed by atoms with Gasteiger partial charge in [0.1, 0.15) is 5.82 Å². The van der Waals surface area contributed by atoms with E-state index < -0.39 is 0 Å². The van der Waals surface area contributed by atoms with Crippen molar-refractivity contribution in [1.82, 2.24) is 9.78 Å².